The van der Waals surface area contributed by atoms with Crippen molar-refractivity contribution >= 4 is 32.8 Å². The van der Waals surface area contributed by atoms with Crippen molar-refractivity contribution < 1.29 is 13.2 Å². The van der Waals surface area contributed by atoms with Crippen LogP contribution in [0.15, 0.2) is 67.6 Å². The lowest BCUT2D eigenvalue weighted by molar-refractivity contribution is -0.137. The van der Waals surface area contributed by atoms with Gasteiger partial charge in [-0.2, -0.15) is 23.4 Å². The molecule has 4 aromatic rings. The third kappa shape index (κ3) is 4.73. The Kier molecular flexibility index (Phi) is 5.71. The summed E-state index contributed by atoms with van der Waals surface area (Å²) in [5.74, 6) is 0. The predicted octanol–water partition coefficient (Wildman–Crippen LogP) is 5.22. The van der Waals surface area contributed by atoms with Gasteiger partial charge < -0.3 is 11.1 Å². The van der Waals surface area contributed by atoms with E-state index in [1.807, 2.05) is 18.2 Å². The number of fused-ring (bicyclic) bond motifs is 1. The van der Waals surface area contributed by atoms with Crippen molar-refractivity contribution in [3.05, 3.63) is 78.8 Å². The van der Waals surface area contributed by atoms with Crippen LogP contribution < -0.4 is 11.1 Å². The number of hydrogen-bond acceptors (Lipinski definition) is 6. The summed E-state index contributed by atoms with van der Waals surface area (Å²) in [6, 6.07) is 10.4. The van der Waals surface area contributed by atoms with Gasteiger partial charge in [0.05, 0.1) is 22.8 Å². The summed E-state index contributed by atoms with van der Waals surface area (Å²) in [7, 11) is 0. The number of alkyl halides is 3. The first kappa shape index (κ1) is 21.0. The molecule has 2 aromatic carbocycles. The van der Waals surface area contributed by atoms with Gasteiger partial charge in [0, 0.05) is 29.6 Å². The van der Waals surface area contributed by atoms with Crippen molar-refractivity contribution in [2.75, 3.05) is 11.9 Å². The fraction of sp³-hybridized carbons (Fsp3) is 0.136. The lowest BCUT2D eigenvalue weighted by Crippen LogP contribution is -2.30. The Labute approximate surface area is 180 Å². The molecule has 0 bridgehead atoms. The van der Waals surface area contributed by atoms with Gasteiger partial charge in [-0.05, 0) is 34.9 Å². The molecule has 0 radical (unpaired) electrons. The zero-order valence-corrected chi connectivity index (χ0v) is 17.0. The Bertz CT molecular complexity index is 1220. The van der Waals surface area contributed by atoms with Crippen LogP contribution in [0.3, 0.4) is 0 Å². The molecule has 3 N–H and O–H groups in total. The van der Waals surface area contributed by atoms with Gasteiger partial charge in [-0.1, -0.05) is 42.2 Å². The first-order valence-corrected chi connectivity index (χ1v) is 10.2. The molecule has 158 valence electrons. The maximum atomic E-state index is 12.7. The third-order valence-corrected chi connectivity index (χ3v) is 5.85. The molecule has 0 spiro atoms. The minimum absolute atomic E-state index is 0.347. The molecule has 5 nitrogen and oxygen atoms in total. The number of benzene rings is 2. The summed E-state index contributed by atoms with van der Waals surface area (Å²) in [6.07, 6.45) is 0.831. The zero-order chi connectivity index (χ0) is 22.0. The molecule has 1 atom stereocenters. The fourth-order valence-corrected chi connectivity index (χ4v) is 3.87. The van der Waals surface area contributed by atoms with Gasteiger partial charge in [-0.3, -0.25) is 0 Å². The van der Waals surface area contributed by atoms with Crippen molar-refractivity contribution in [1.82, 2.24) is 15.2 Å². The second kappa shape index (κ2) is 8.44. The van der Waals surface area contributed by atoms with Crippen LogP contribution >= 0.6 is 11.3 Å². The number of nitrogens with two attached hydrogens (primary N) is 1. The summed E-state index contributed by atoms with van der Waals surface area (Å²) < 4.78 is 38.2. The van der Waals surface area contributed by atoms with Crippen molar-refractivity contribution in [2.24, 2.45) is 5.73 Å². The fourth-order valence-electron chi connectivity index (χ4n) is 3.05. The van der Waals surface area contributed by atoms with Crippen molar-refractivity contribution in [3.63, 3.8) is 0 Å². The average Bonchev–Trinajstić information content (AvgIpc) is 3.25. The Hall–Kier alpha value is -3.30. The topological polar surface area (TPSA) is 76.7 Å². The molecule has 0 aliphatic rings. The SMILES string of the molecule is C=C(c1ccc(C(F)(F)F)cc1)[C@H](N)CNc1ncc(-c2ccc3cnncc3c2)s1. The lowest BCUT2D eigenvalue weighted by Gasteiger charge is -2.16. The van der Waals surface area contributed by atoms with E-state index in [1.54, 1.807) is 18.6 Å². The number of anilines is 1. The number of rotatable bonds is 6. The molecular weight excluding hydrogens is 423 g/mol. The second-order valence-corrected chi connectivity index (χ2v) is 7.98. The van der Waals surface area contributed by atoms with E-state index in [1.165, 1.54) is 23.5 Å². The largest absolute Gasteiger partial charge is 0.416 e. The van der Waals surface area contributed by atoms with Gasteiger partial charge >= 0.3 is 6.18 Å². The second-order valence-electron chi connectivity index (χ2n) is 6.95. The Morgan fingerprint density at radius 3 is 2.45 bits per heavy atom. The van der Waals surface area contributed by atoms with Crippen LogP contribution in [-0.2, 0) is 6.18 Å². The third-order valence-electron chi connectivity index (χ3n) is 4.84. The van der Waals surface area contributed by atoms with Gasteiger partial charge in [0.25, 0.3) is 0 Å². The highest BCUT2D eigenvalue weighted by Gasteiger charge is 2.30. The number of thiazole rings is 1. The summed E-state index contributed by atoms with van der Waals surface area (Å²) in [5.41, 5.74) is 7.62. The molecule has 0 amide bonds. The Balaban J connectivity index is 1.40. The average molecular weight is 441 g/mol. The van der Waals surface area contributed by atoms with Gasteiger partial charge in [0.1, 0.15) is 0 Å². The number of hydrogen-bond donors (Lipinski definition) is 2. The van der Waals surface area contributed by atoms with E-state index in [4.69, 9.17) is 5.73 Å². The highest BCUT2D eigenvalue weighted by Crippen LogP contribution is 2.32. The molecule has 4 rings (SSSR count). The molecular formula is C22H18F3N5S. The van der Waals surface area contributed by atoms with E-state index in [0.29, 0.717) is 22.8 Å². The van der Waals surface area contributed by atoms with Gasteiger partial charge in [-0.25, -0.2) is 4.98 Å². The Morgan fingerprint density at radius 2 is 1.74 bits per heavy atom. The van der Waals surface area contributed by atoms with Crippen molar-refractivity contribution in [3.8, 4) is 10.4 Å². The van der Waals surface area contributed by atoms with E-state index >= 15 is 0 Å². The molecule has 2 heterocycles. The molecule has 31 heavy (non-hydrogen) atoms. The van der Waals surface area contributed by atoms with Crippen LogP contribution in [0.4, 0.5) is 18.3 Å². The van der Waals surface area contributed by atoms with E-state index < -0.39 is 17.8 Å². The van der Waals surface area contributed by atoms with Gasteiger partial charge in [-0.15, -0.1) is 0 Å². The quantitative estimate of drug-likeness (QED) is 0.429. The summed E-state index contributed by atoms with van der Waals surface area (Å²) in [6.45, 7) is 4.28. The molecule has 9 heteroatoms. The lowest BCUT2D eigenvalue weighted by atomic mass is 9.99. The molecule has 0 aliphatic heterocycles. The minimum atomic E-state index is -4.37. The normalized spacial score (nSPS) is 12.6. The highest BCUT2D eigenvalue weighted by molar-refractivity contribution is 7.18. The summed E-state index contributed by atoms with van der Waals surface area (Å²) >= 11 is 1.48. The van der Waals surface area contributed by atoms with Crippen molar-refractivity contribution in [2.45, 2.75) is 12.2 Å². The van der Waals surface area contributed by atoms with Crippen molar-refractivity contribution in [1.29, 1.82) is 0 Å². The molecule has 0 unspecified atom stereocenters. The standard InChI is InChI=1S/C22H18F3N5S/c1-13(14-4-6-18(7-5-14)22(23,24)25)19(26)11-27-21-28-12-20(31-21)15-2-3-16-9-29-30-10-17(16)8-15/h2-10,12,19H,1,11,26H2,(H,27,28)/t19-/m1/s1. The van der Waals surface area contributed by atoms with E-state index in [2.05, 4.69) is 27.1 Å². The van der Waals surface area contributed by atoms with Crippen LogP contribution in [0.2, 0.25) is 0 Å². The van der Waals surface area contributed by atoms with Crippen LogP contribution in [0.5, 0.6) is 0 Å². The van der Waals surface area contributed by atoms with E-state index in [9.17, 15) is 13.2 Å². The highest BCUT2D eigenvalue weighted by atomic mass is 32.1. The van der Waals surface area contributed by atoms with Crippen LogP contribution in [0, 0.1) is 0 Å². The van der Waals surface area contributed by atoms with Gasteiger partial charge in [0.15, 0.2) is 5.13 Å². The predicted molar refractivity (Wildman–Crippen MR) is 118 cm³/mol. The monoisotopic (exact) mass is 441 g/mol. The van der Waals surface area contributed by atoms with Crippen LogP contribution in [0.1, 0.15) is 11.1 Å². The minimum Gasteiger partial charge on any atom is -0.360 e. The van der Waals surface area contributed by atoms with Crippen LogP contribution in [-0.4, -0.2) is 27.8 Å². The van der Waals surface area contributed by atoms with Gasteiger partial charge in [0.2, 0.25) is 0 Å². The molecule has 0 saturated heterocycles. The zero-order valence-electron chi connectivity index (χ0n) is 16.2. The van der Waals surface area contributed by atoms with E-state index in [0.717, 1.165) is 33.3 Å². The molecule has 0 saturated carbocycles. The number of halogens is 3. The smallest absolute Gasteiger partial charge is 0.360 e. The number of nitrogens with one attached hydrogen (secondary N) is 1. The first-order valence-electron chi connectivity index (χ1n) is 9.34. The maximum absolute atomic E-state index is 12.7. The number of nitrogens with zero attached hydrogens (tertiary/aromatic N) is 3. The number of aromatic nitrogens is 3. The maximum Gasteiger partial charge on any atom is 0.416 e. The Morgan fingerprint density at radius 1 is 1.03 bits per heavy atom. The first-order chi connectivity index (χ1) is 14.8. The summed E-state index contributed by atoms with van der Waals surface area (Å²) in [4.78, 5) is 5.37. The van der Waals surface area contributed by atoms with Crippen LogP contribution in [0.25, 0.3) is 26.8 Å². The molecule has 0 aliphatic carbocycles. The molecule has 0 fully saturated rings. The molecule has 2 aromatic heterocycles. The summed E-state index contributed by atoms with van der Waals surface area (Å²) in [5, 5.41) is 13.7. The van der Waals surface area contributed by atoms with E-state index in [-0.39, 0.29) is 0 Å².